The highest BCUT2D eigenvalue weighted by Gasteiger charge is 2.29. The average Bonchev–Trinajstić information content (AvgIpc) is 2.83. The van der Waals surface area contributed by atoms with Gasteiger partial charge in [0, 0.05) is 5.56 Å². The lowest BCUT2D eigenvalue weighted by molar-refractivity contribution is 0.212. The predicted molar refractivity (Wildman–Crippen MR) is 131 cm³/mol. The summed E-state index contributed by atoms with van der Waals surface area (Å²) in [5.41, 5.74) is 1.37. The SMILES string of the molecule is C=CCCC=CC1CCC(C2CC=C(c3ccc(OCCCCC)c(F)c3F)CC2)CC1. The van der Waals surface area contributed by atoms with Crippen molar-refractivity contribution in [3.05, 3.63) is 60.2 Å². The van der Waals surface area contributed by atoms with E-state index in [1.54, 1.807) is 12.1 Å². The monoisotopic (exact) mass is 442 g/mol. The summed E-state index contributed by atoms with van der Waals surface area (Å²) in [5, 5.41) is 0. The molecule has 3 heteroatoms. The minimum absolute atomic E-state index is 0.0342. The molecule has 0 bridgehead atoms. The van der Waals surface area contributed by atoms with Crippen molar-refractivity contribution < 1.29 is 13.5 Å². The van der Waals surface area contributed by atoms with Gasteiger partial charge in [0.15, 0.2) is 11.6 Å². The van der Waals surface area contributed by atoms with Crippen LogP contribution in [0.4, 0.5) is 8.78 Å². The van der Waals surface area contributed by atoms with Crippen LogP contribution in [0.25, 0.3) is 5.57 Å². The molecule has 0 amide bonds. The van der Waals surface area contributed by atoms with Gasteiger partial charge in [0.05, 0.1) is 6.61 Å². The topological polar surface area (TPSA) is 9.23 Å². The number of benzene rings is 1. The summed E-state index contributed by atoms with van der Waals surface area (Å²) in [5.74, 6) is 0.607. The van der Waals surface area contributed by atoms with Crippen LogP contribution in [-0.4, -0.2) is 6.61 Å². The number of hydrogen-bond acceptors (Lipinski definition) is 1. The molecule has 1 aromatic rings. The summed E-state index contributed by atoms with van der Waals surface area (Å²) in [4.78, 5) is 0. The van der Waals surface area contributed by atoms with Crippen LogP contribution < -0.4 is 4.74 Å². The fraction of sp³-hybridized carbons (Fsp3) is 0.586. The zero-order valence-corrected chi connectivity index (χ0v) is 19.8. The molecule has 0 spiro atoms. The maximum Gasteiger partial charge on any atom is 0.201 e. The lowest BCUT2D eigenvalue weighted by Crippen LogP contribution is -2.22. The molecular formula is C29H40F2O. The van der Waals surface area contributed by atoms with Crippen molar-refractivity contribution in [2.45, 2.75) is 84.0 Å². The third-order valence-corrected chi connectivity index (χ3v) is 7.28. The molecule has 1 nitrogen and oxygen atoms in total. The van der Waals surface area contributed by atoms with Crippen molar-refractivity contribution in [3.63, 3.8) is 0 Å². The maximum absolute atomic E-state index is 14.8. The second-order valence-corrected chi connectivity index (χ2v) is 9.53. The van der Waals surface area contributed by atoms with E-state index in [1.807, 2.05) is 6.08 Å². The second-order valence-electron chi connectivity index (χ2n) is 9.53. The van der Waals surface area contributed by atoms with Crippen LogP contribution in [0.1, 0.15) is 89.5 Å². The van der Waals surface area contributed by atoms with Gasteiger partial charge < -0.3 is 4.74 Å². The van der Waals surface area contributed by atoms with Crippen molar-refractivity contribution in [1.82, 2.24) is 0 Å². The molecule has 1 saturated carbocycles. The highest BCUT2D eigenvalue weighted by atomic mass is 19.2. The first-order chi connectivity index (χ1) is 15.6. The summed E-state index contributed by atoms with van der Waals surface area (Å²) in [6.45, 7) is 6.31. The van der Waals surface area contributed by atoms with Gasteiger partial charge in [-0.2, -0.15) is 4.39 Å². The van der Waals surface area contributed by atoms with Gasteiger partial charge in [-0.25, -0.2) is 4.39 Å². The van der Waals surface area contributed by atoms with Gasteiger partial charge in [-0.15, -0.1) is 6.58 Å². The first-order valence-electron chi connectivity index (χ1n) is 12.7. The Morgan fingerprint density at radius 2 is 1.81 bits per heavy atom. The third kappa shape index (κ3) is 6.80. The number of ether oxygens (including phenoxy) is 1. The van der Waals surface area contributed by atoms with E-state index < -0.39 is 11.6 Å². The molecule has 0 heterocycles. The van der Waals surface area contributed by atoms with Crippen LogP contribution in [0.15, 0.2) is 43.0 Å². The fourth-order valence-electron chi connectivity index (χ4n) is 5.26. The molecule has 1 atom stereocenters. The number of allylic oxidation sites excluding steroid dienone is 5. The average molecular weight is 443 g/mol. The van der Waals surface area contributed by atoms with E-state index in [0.29, 0.717) is 18.1 Å². The molecule has 1 fully saturated rings. The zero-order chi connectivity index (χ0) is 22.8. The van der Waals surface area contributed by atoms with E-state index in [2.05, 4.69) is 31.7 Å². The molecule has 32 heavy (non-hydrogen) atoms. The van der Waals surface area contributed by atoms with Crippen LogP contribution >= 0.6 is 0 Å². The molecule has 176 valence electrons. The Kier molecular flexibility index (Phi) is 10.0. The highest BCUT2D eigenvalue weighted by Crippen LogP contribution is 2.42. The van der Waals surface area contributed by atoms with Crippen molar-refractivity contribution in [3.8, 4) is 5.75 Å². The number of unbranched alkanes of at least 4 members (excludes halogenated alkanes) is 3. The lowest BCUT2D eigenvalue weighted by atomic mass is 9.71. The molecule has 3 rings (SSSR count). The normalized spacial score (nSPS) is 23.8. The Labute approximate surface area is 193 Å². The standard InChI is InChI=1S/C29H40F2O/c1-3-5-7-8-10-22-11-13-23(14-12-22)24-15-17-25(18-16-24)26-19-20-27(29(31)28(26)30)32-21-9-6-4-2/h3,8,10,17,19-20,22-24H,1,4-7,9,11-16,18,21H2,2H3. The van der Waals surface area contributed by atoms with Gasteiger partial charge in [0.2, 0.25) is 5.82 Å². The largest absolute Gasteiger partial charge is 0.490 e. The molecular weight excluding hydrogens is 402 g/mol. The molecule has 2 aliphatic rings. The summed E-state index contributed by atoms with van der Waals surface area (Å²) in [6.07, 6.45) is 22.0. The maximum atomic E-state index is 14.8. The van der Waals surface area contributed by atoms with Gasteiger partial charge in [-0.1, -0.05) is 44.1 Å². The lowest BCUT2D eigenvalue weighted by Gasteiger charge is -2.35. The van der Waals surface area contributed by atoms with Crippen LogP contribution in [0.2, 0.25) is 0 Å². The fourth-order valence-corrected chi connectivity index (χ4v) is 5.26. The Bertz CT molecular complexity index is 787. The van der Waals surface area contributed by atoms with E-state index in [9.17, 15) is 8.78 Å². The Balaban J connectivity index is 1.51. The van der Waals surface area contributed by atoms with Gasteiger partial charge >= 0.3 is 0 Å². The highest BCUT2D eigenvalue weighted by molar-refractivity contribution is 5.67. The van der Waals surface area contributed by atoms with Gasteiger partial charge in [0.25, 0.3) is 0 Å². The number of rotatable bonds is 11. The van der Waals surface area contributed by atoms with Gasteiger partial charge in [-0.05, 0) is 99.7 Å². The van der Waals surface area contributed by atoms with Crippen molar-refractivity contribution >= 4 is 5.57 Å². The van der Waals surface area contributed by atoms with Gasteiger partial charge in [-0.3, -0.25) is 0 Å². The number of hydrogen-bond donors (Lipinski definition) is 0. The van der Waals surface area contributed by atoms with Gasteiger partial charge in [0.1, 0.15) is 0 Å². The molecule has 0 aromatic heterocycles. The first-order valence-corrected chi connectivity index (χ1v) is 12.7. The Morgan fingerprint density at radius 3 is 2.50 bits per heavy atom. The van der Waals surface area contributed by atoms with Crippen molar-refractivity contribution in [2.24, 2.45) is 17.8 Å². The molecule has 2 aliphatic carbocycles. The number of halogens is 2. The summed E-state index contributed by atoms with van der Waals surface area (Å²) in [7, 11) is 0. The molecule has 0 N–H and O–H groups in total. The van der Waals surface area contributed by atoms with E-state index in [0.717, 1.165) is 68.8 Å². The minimum Gasteiger partial charge on any atom is -0.490 e. The van der Waals surface area contributed by atoms with Crippen LogP contribution in [-0.2, 0) is 0 Å². The minimum atomic E-state index is -0.846. The third-order valence-electron chi connectivity index (χ3n) is 7.28. The molecule has 0 saturated heterocycles. The smallest absolute Gasteiger partial charge is 0.201 e. The molecule has 1 aromatic carbocycles. The van der Waals surface area contributed by atoms with E-state index in [4.69, 9.17) is 4.74 Å². The quantitative estimate of drug-likeness (QED) is 0.245. The first kappa shape index (κ1) is 24.7. The van der Waals surface area contributed by atoms with E-state index in [1.165, 1.54) is 25.7 Å². The van der Waals surface area contributed by atoms with Crippen LogP contribution in [0.5, 0.6) is 5.75 Å². The molecule has 0 aliphatic heterocycles. The Morgan fingerprint density at radius 1 is 1.00 bits per heavy atom. The van der Waals surface area contributed by atoms with Crippen LogP contribution in [0.3, 0.4) is 0 Å². The summed E-state index contributed by atoms with van der Waals surface area (Å²) < 4.78 is 34.7. The zero-order valence-electron chi connectivity index (χ0n) is 19.8. The van der Waals surface area contributed by atoms with Crippen LogP contribution in [0, 0.1) is 29.4 Å². The summed E-state index contributed by atoms with van der Waals surface area (Å²) >= 11 is 0. The van der Waals surface area contributed by atoms with E-state index >= 15 is 0 Å². The Hall–Kier alpha value is -1.90. The molecule has 0 radical (unpaired) electrons. The molecule has 1 unspecified atom stereocenters. The summed E-state index contributed by atoms with van der Waals surface area (Å²) in [6, 6.07) is 3.29. The predicted octanol–water partition coefficient (Wildman–Crippen LogP) is 9.05. The van der Waals surface area contributed by atoms with Crippen molar-refractivity contribution in [2.75, 3.05) is 6.61 Å². The van der Waals surface area contributed by atoms with E-state index in [-0.39, 0.29) is 5.75 Å². The second kappa shape index (κ2) is 13.0. The van der Waals surface area contributed by atoms with Crippen molar-refractivity contribution in [1.29, 1.82) is 0 Å².